The molecule has 0 saturated carbocycles. The molecule has 3 aromatic rings. The molecule has 28 heavy (non-hydrogen) atoms. The molecule has 4 nitrogen and oxygen atoms in total. The number of aromatic hydroxyl groups is 1. The Bertz CT molecular complexity index is 949. The third kappa shape index (κ3) is 4.61. The van der Waals surface area contributed by atoms with E-state index in [1.807, 2.05) is 45.0 Å². The smallest absolute Gasteiger partial charge is 0.203 e. The number of aryl methyl sites for hydroxylation is 2. The summed E-state index contributed by atoms with van der Waals surface area (Å²) in [6.07, 6.45) is 5.62. The molecule has 0 aliphatic carbocycles. The van der Waals surface area contributed by atoms with Gasteiger partial charge in [0.05, 0.1) is 17.6 Å². The molecule has 3 rings (SSSR count). The summed E-state index contributed by atoms with van der Waals surface area (Å²) in [5.41, 5.74) is 4.85. The van der Waals surface area contributed by atoms with Crippen LogP contribution in [-0.2, 0) is 6.54 Å². The number of aromatic nitrogens is 2. The van der Waals surface area contributed by atoms with Crippen molar-refractivity contribution in [3.05, 3.63) is 52.3 Å². The molecule has 0 radical (unpaired) electrons. The van der Waals surface area contributed by atoms with Gasteiger partial charge in [0.15, 0.2) is 0 Å². The fourth-order valence-electron chi connectivity index (χ4n) is 3.52. The summed E-state index contributed by atoms with van der Waals surface area (Å²) in [6.45, 7) is 7.45. The Balaban J connectivity index is 1.36. The van der Waals surface area contributed by atoms with E-state index in [1.165, 1.54) is 12.8 Å². The van der Waals surface area contributed by atoms with Crippen LogP contribution in [0.2, 0.25) is 5.28 Å². The first kappa shape index (κ1) is 20.5. The van der Waals surface area contributed by atoms with E-state index < -0.39 is 0 Å². The summed E-state index contributed by atoms with van der Waals surface area (Å²) in [5.74, 6) is 1.25. The Hall–Kier alpha value is -2.20. The SMILES string of the molecule is Cc1cc(OCCCCCCCn2c(Cl)nc3ccccc32)c(C)c(C)c1O. The maximum absolute atomic E-state index is 9.98. The lowest BCUT2D eigenvalue weighted by Crippen LogP contribution is -2.01. The molecule has 1 N–H and O–H groups in total. The fourth-order valence-corrected chi connectivity index (χ4v) is 3.79. The number of phenols is 1. The normalized spacial score (nSPS) is 11.3. The summed E-state index contributed by atoms with van der Waals surface area (Å²) in [5, 5.41) is 10.6. The maximum Gasteiger partial charge on any atom is 0.203 e. The van der Waals surface area contributed by atoms with Gasteiger partial charge in [0.2, 0.25) is 5.28 Å². The summed E-state index contributed by atoms with van der Waals surface area (Å²) >= 11 is 6.27. The van der Waals surface area contributed by atoms with Crippen molar-refractivity contribution in [1.29, 1.82) is 0 Å². The number of phenolic OH excluding ortho intramolecular Hbond substituents is 1. The van der Waals surface area contributed by atoms with Crippen molar-refractivity contribution in [1.82, 2.24) is 9.55 Å². The first-order valence-electron chi connectivity index (χ1n) is 10.0. The molecule has 0 fully saturated rings. The highest BCUT2D eigenvalue weighted by atomic mass is 35.5. The number of imidazole rings is 1. The van der Waals surface area contributed by atoms with E-state index in [-0.39, 0.29) is 0 Å². The zero-order chi connectivity index (χ0) is 20.1. The molecule has 150 valence electrons. The van der Waals surface area contributed by atoms with Crippen molar-refractivity contribution in [2.45, 2.75) is 59.4 Å². The van der Waals surface area contributed by atoms with Crippen molar-refractivity contribution >= 4 is 22.6 Å². The molecule has 0 spiro atoms. The minimum atomic E-state index is 0.371. The first-order valence-corrected chi connectivity index (χ1v) is 10.4. The van der Waals surface area contributed by atoms with Crippen LogP contribution in [0, 0.1) is 20.8 Å². The van der Waals surface area contributed by atoms with Crippen LogP contribution in [0.1, 0.15) is 48.8 Å². The van der Waals surface area contributed by atoms with E-state index in [0.29, 0.717) is 17.6 Å². The molecule has 5 heteroatoms. The van der Waals surface area contributed by atoms with E-state index in [0.717, 1.165) is 59.3 Å². The third-order valence-electron chi connectivity index (χ3n) is 5.40. The lowest BCUT2D eigenvalue weighted by atomic mass is 10.0. The van der Waals surface area contributed by atoms with Crippen LogP contribution < -0.4 is 4.74 Å². The topological polar surface area (TPSA) is 47.3 Å². The molecule has 0 atom stereocenters. The van der Waals surface area contributed by atoms with E-state index >= 15 is 0 Å². The average Bonchev–Trinajstić information content (AvgIpc) is 3.01. The number of benzene rings is 2. The molecule has 2 aromatic carbocycles. The van der Waals surface area contributed by atoms with Gasteiger partial charge in [0.25, 0.3) is 0 Å². The lowest BCUT2D eigenvalue weighted by molar-refractivity contribution is 0.301. The number of hydrogen-bond acceptors (Lipinski definition) is 3. The van der Waals surface area contributed by atoms with Crippen LogP contribution in [0.5, 0.6) is 11.5 Å². The minimum absolute atomic E-state index is 0.371. The van der Waals surface area contributed by atoms with Gasteiger partial charge in [-0.15, -0.1) is 0 Å². The van der Waals surface area contributed by atoms with Crippen molar-refractivity contribution < 1.29 is 9.84 Å². The molecular weight excluding hydrogens is 372 g/mol. The second-order valence-electron chi connectivity index (χ2n) is 7.43. The van der Waals surface area contributed by atoms with Crippen LogP contribution in [-0.4, -0.2) is 21.3 Å². The van der Waals surface area contributed by atoms with Crippen molar-refractivity contribution in [3.63, 3.8) is 0 Å². The Morgan fingerprint density at radius 2 is 1.71 bits per heavy atom. The Labute approximate surface area is 172 Å². The van der Waals surface area contributed by atoms with Crippen LogP contribution in [0.3, 0.4) is 0 Å². The largest absolute Gasteiger partial charge is 0.507 e. The van der Waals surface area contributed by atoms with Crippen LogP contribution >= 0.6 is 11.6 Å². The molecular formula is C23H29ClN2O2. The highest BCUT2D eigenvalue weighted by Gasteiger charge is 2.10. The van der Waals surface area contributed by atoms with Gasteiger partial charge in [-0.1, -0.05) is 31.4 Å². The van der Waals surface area contributed by atoms with Crippen molar-refractivity contribution in [2.24, 2.45) is 0 Å². The number of halogens is 1. The number of fused-ring (bicyclic) bond motifs is 1. The molecule has 0 aliphatic heterocycles. The molecule has 0 unspecified atom stereocenters. The molecule has 0 amide bonds. The fraction of sp³-hybridized carbons (Fsp3) is 0.435. The summed E-state index contributed by atoms with van der Waals surface area (Å²) < 4.78 is 8.04. The monoisotopic (exact) mass is 400 g/mol. The minimum Gasteiger partial charge on any atom is -0.507 e. The van der Waals surface area contributed by atoms with Gasteiger partial charge >= 0.3 is 0 Å². The zero-order valence-electron chi connectivity index (χ0n) is 17.0. The Morgan fingerprint density at radius 3 is 2.54 bits per heavy atom. The predicted molar refractivity (Wildman–Crippen MR) is 116 cm³/mol. The second kappa shape index (κ2) is 9.33. The molecule has 0 bridgehead atoms. The molecule has 0 aliphatic rings. The highest BCUT2D eigenvalue weighted by molar-refractivity contribution is 6.29. The van der Waals surface area contributed by atoms with Gasteiger partial charge in [-0.25, -0.2) is 4.98 Å². The molecule has 1 heterocycles. The third-order valence-corrected chi connectivity index (χ3v) is 5.69. The quantitative estimate of drug-likeness (QED) is 0.425. The lowest BCUT2D eigenvalue weighted by Gasteiger charge is -2.14. The van der Waals surface area contributed by atoms with E-state index in [2.05, 4.69) is 15.6 Å². The van der Waals surface area contributed by atoms with Crippen LogP contribution in [0.25, 0.3) is 11.0 Å². The van der Waals surface area contributed by atoms with Crippen LogP contribution in [0.15, 0.2) is 30.3 Å². The van der Waals surface area contributed by atoms with E-state index in [4.69, 9.17) is 16.3 Å². The number of ether oxygens (including phenoxy) is 1. The molecule has 1 aromatic heterocycles. The van der Waals surface area contributed by atoms with Gasteiger partial charge in [0.1, 0.15) is 11.5 Å². The number of rotatable bonds is 9. The summed E-state index contributed by atoms with van der Waals surface area (Å²) in [4.78, 5) is 4.40. The number of hydrogen-bond donors (Lipinski definition) is 1. The van der Waals surface area contributed by atoms with Gasteiger partial charge in [-0.2, -0.15) is 0 Å². The van der Waals surface area contributed by atoms with E-state index in [9.17, 15) is 5.11 Å². The standard InChI is InChI=1S/C23H29ClN2O2/c1-16-15-21(17(2)18(3)22(16)27)28-14-10-6-4-5-9-13-26-20-12-8-7-11-19(20)25-23(26)24/h7-8,11-12,15,27H,4-6,9-10,13-14H2,1-3H3. The number of nitrogens with zero attached hydrogens (tertiary/aromatic N) is 2. The summed E-state index contributed by atoms with van der Waals surface area (Å²) in [6, 6.07) is 10.0. The second-order valence-corrected chi connectivity index (χ2v) is 7.77. The summed E-state index contributed by atoms with van der Waals surface area (Å²) in [7, 11) is 0. The average molecular weight is 401 g/mol. The van der Waals surface area contributed by atoms with Crippen molar-refractivity contribution in [3.8, 4) is 11.5 Å². The first-order chi connectivity index (χ1) is 13.5. The number of para-hydroxylation sites is 2. The molecule has 0 saturated heterocycles. The zero-order valence-corrected chi connectivity index (χ0v) is 17.7. The van der Waals surface area contributed by atoms with Gasteiger partial charge in [0, 0.05) is 6.54 Å². The van der Waals surface area contributed by atoms with Gasteiger partial charge in [-0.05, 0) is 80.1 Å². The van der Waals surface area contributed by atoms with Gasteiger partial charge < -0.3 is 14.4 Å². The highest BCUT2D eigenvalue weighted by Crippen LogP contribution is 2.32. The number of unbranched alkanes of at least 4 members (excludes halogenated alkanes) is 4. The van der Waals surface area contributed by atoms with Crippen molar-refractivity contribution in [2.75, 3.05) is 6.61 Å². The van der Waals surface area contributed by atoms with E-state index in [1.54, 1.807) is 0 Å². The predicted octanol–water partition coefficient (Wildman–Crippen LogP) is 6.35. The Morgan fingerprint density at radius 1 is 1.00 bits per heavy atom. The van der Waals surface area contributed by atoms with Crippen LogP contribution in [0.4, 0.5) is 0 Å². The Kier molecular flexibility index (Phi) is 6.84. The van der Waals surface area contributed by atoms with Gasteiger partial charge in [-0.3, -0.25) is 0 Å². The maximum atomic E-state index is 9.98.